The molecule has 2 aromatic carbocycles. The summed E-state index contributed by atoms with van der Waals surface area (Å²) in [5.74, 6) is 0.985. The Bertz CT molecular complexity index is 1820. The normalized spacial score (nSPS) is 13.4. The highest BCUT2D eigenvalue weighted by Crippen LogP contribution is 2.28. The third-order valence-electron chi connectivity index (χ3n) is 7.19. The van der Waals surface area contributed by atoms with E-state index in [9.17, 15) is 9.59 Å². The van der Waals surface area contributed by atoms with E-state index < -0.39 is 0 Å². The SMILES string of the molecule is CNc1n[nH]c2cc(-n3c(=O)c4c(n5ncc(CC(C)C)c35)CN(C(=O)c3ccc(Br)c(Cl)c3)CC4)ccc12. The predicted octanol–water partition coefficient (Wildman–Crippen LogP) is 5.22. The molecule has 0 unspecified atom stereocenters. The molecule has 3 aromatic heterocycles. The monoisotopic (exact) mass is 607 g/mol. The van der Waals surface area contributed by atoms with Gasteiger partial charge >= 0.3 is 0 Å². The van der Waals surface area contributed by atoms with Crippen molar-refractivity contribution in [3.8, 4) is 5.69 Å². The van der Waals surface area contributed by atoms with Crippen molar-refractivity contribution in [2.45, 2.75) is 33.2 Å². The minimum atomic E-state index is -0.132. The molecule has 9 nitrogen and oxygen atoms in total. The second-order valence-corrected chi connectivity index (χ2v) is 11.5. The number of amides is 1. The van der Waals surface area contributed by atoms with Crippen LogP contribution in [-0.2, 0) is 19.4 Å². The van der Waals surface area contributed by atoms with Crippen LogP contribution >= 0.6 is 27.5 Å². The first-order chi connectivity index (χ1) is 18.8. The van der Waals surface area contributed by atoms with Crippen molar-refractivity contribution in [1.82, 2.24) is 29.3 Å². The van der Waals surface area contributed by atoms with Crippen LogP contribution in [0.2, 0.25) is 5.02 Å². The highest BCUT2D eigenvalue weighted by molar-refractivity contribution is 9.10. The van der Waals surface area contributed by atoms with Gasteiger partial charge in [0.2, 0.25) is 0 Å². The van der Waals surface area contributed by atoms with Crippen molar-refractivity contribution in [3.63, 3.8) is 0 Å². The van der Waals surface area contributed by atoms with Crippen molar-refractivity contribution in [1.29, 1.82) is 0 Å². The number of benzene rings is 2. The van der Waals surface area contributed by atoms with Gasteiger partial charge in [0.05, 0.1) is 34.7 Å². The first kappa shape index (κ1) is 25.6. The van der Waals surface area contributed by atoms with E-state index in [1.165, 1.54) is 0 Å². The smallest absolute Gasteiger partial charge is 0.261 e. The fourth-order valence-electron chi connectivity index (χ4n) is 5.36. The quantitative estimate of drug-likeness (QED) is 0.285. The number of halogens is 2. The molecule has 5 aromatic rings. The van der Waals surface area contributed by atoms with Crippen LogP contribution in [0.1, 0.15) is 41.0 Å². The fraction of sp³-hybridized carbons (Fsp3) is 0.286. The van der Waals surface area contributed by atoms with Crippen LogP contribution in [0.5, 0.6) is 0 Å². The molecule has 0 bridgehead atoms. The lowest BCUT2D eigenvalue weighted by Gasteiger charge is -2.30. The fourth-order valence-corrected chi connectivity index (χ4v) is 5.79. The van der Waals surface area contributed by atoms with E-state index in [2.05, 4.69) is 45.3 Å². The molecule has 0 spiro atoms. The van der Waals surface area contributed by atoms with Crippen molar-refractivity contribution < 1.29 is 4.79 Å². The zero-order chi connectivity index (χ0) is 27.4. The van der Waals surface area contributed by atoms with Gasteiger partial charge in [-0.2, -0.15) is 10.2 Å². The number of hydrogen-bond donors (Lipinski definition) is 2. The first-order valence-electron chi connectivity index (χ1n) is 12.8. The van der Waals surface area contributed by atoms with Gasteiger partial charge in [-0.3, -0.25) is 19.3 Å². The number of hydrogen-bond acceptors (Lipinski definition) is 5. The Labute approximate surface area is 237 Å². The molecule has 1 aliphatic heterocycles. The Morgan fingerprint density at radius 3 is 2.79 bits per heavy atom. The van der Waals surface area contributed by atoms with Gasteiger partial charge in [0, 0.05) is 40.1 Å². The lowest BCUT2D eigenvalue weighted by molar-refractivity contribution is 0.0729. The molecule has 1 amide bonds. The molecule has 4 heterocycles. The minimum absolute atomic E-state index is 0.0884. The Hall–Kier alpha value is -3.63. The summed E-state index contributed by atoms with van der Waals surface area (Å²) in [6, 6.07) is 11.0. The van der Waals surface area contributed by atoms with Gasteiger partial charge in [-0.05, 0) is 71.1 Å². The van der Waals surface area contributed by atoms with Crippen LogP contribution in [0.15, 0.2) is 51.9 Å². The maximum absolute atomic E-state index is 14.1. The summed E-state index contributed by atoms with van der Waals surface area (Å²) < 4.78 is 4.34. The number of carbonyl (C=O) groups excluding carboxylic acids is 1. The van der Waals surface area contributed by atoms with Gasteiger partial charge < -0.3 is 10.2 Å². The summed E-state index contributed by atoms with van der Waals surface area (Å²) >= 11 is 9.64. The number of aromatic nitrogens is 5. The summed E-state index contributed by atoms with van der Waals surface area (Å²) in [7, 11) is 1.82. The van der Waals surface area contributed by atoms with E-state index in [0.717, 1.165) is 50.2 Å². The van der Waals surface area contributed by atoms with Crippen LogP contribution in [0.3, 0.4) is 0 Å². The van der Waals surface area contributed by atoms with E-state index in [1.807, 2.05) is 36.0 Å². The van der Waals surface area contributed by atoms with Crippen molar-refractivity contribution >= 4 is 55.8 Å². The van der Waals surface area contributed by atoms with Crippen LogP contribution in [0.25, 0.3) is 22.2 Å². The summed E-state index contributed by atoms with van der Waals surface area (Å²) in [4.78, 5) is 29.3. The highest BCUT2D eigenvalue weighted by Gasteiger charge is 2.29. The Morgan fingerprint density at radius 2 is 2.05 bits per heavy atom. The van der Waals surface area contributed by atoms with Crippen molar-refractivity contribution in [2.24, 2.45) is 5.92 Å². The Kier molecular flexibility index (Phi) is 6.47. The third-order valence-corrected chi connectivity index (χ3v) is 8.42. The van der Waals surface area contributed by atoms with Crippen LogP contribution < -0.4 is 10.9 Å². The number of aromatic amines is 1. The van der Waals surface area contributed by atoms with Gasteiger partial charge in [-0.1, -0.05) is 25.4 Å². The van der Waals surface area contributed by atoms with Gasteiger partial charge in [0.1, 0.15) is 5.65 Å². The molecule has 2 N–H and O–H groups in total. The average molecular weight is 609 g/mol. The van der Waals surface area contributed by atoms with E-state index in [0.29, 0.717) is 35.0 Å². The number of anilines is 1. The van der Waals surface area contributed by atoms with Gasteiger partial charge in [0.15, 0.2) is 5.82 Å². The number of rotatable bonds is 5. The lowest BCUT2D eigenvalue weighted by Crippen LogP contribution is -2.41. The third kappa shape index (κ3) is 4.31. The highest BCUT2D eigenvalue weighted by atomic mass is 79.9. The molecular weight excluding hydrogens is 582 g/mol. The van der Waals surface area contributed by atoms with E-state index in [-0.39, 0.29) is 18.0 Å². The van der Waals surface area contributed by atoms with Crippen molar-refractivity contribution in [2.75, 3.05) is 18.9 Å². The summed E-state index contributed by atoms with van der Waals surface area (Å²) in [5, 5.41) is 16.6. The first-order valence-corrected chi connectivity index (χ1v) is 14.0. The lowest BCUT2D eigenvalue weighted by atomic mass is 10.0. The maximum atomic E-state index is 14.1. The van der Waals surface area contributed by atoms with Crippen LogP contribution in [0.4, 0.5) is 5.82 Å². The van der Waals surface area contributed by atoms with Crippen LogP contribution in [-0.4, -0.2) is 48.8 Å². The summed E-state index contributed by atoms with van der Waals surface area (Å²) in [6.45, 7) is 4.99. The zero-order valence-corrected chi connectivity index (χ0v) is 24.1. The van der Waals surface area contributed by atoms with Gasteiger partial charge in [-0.25, -0.2) is 4.52 Å². The van der Waals surface area contributed by atoms with E-state index in [4.69, 9.17) is 16.7 Å². The largest absolute Gasteiger partial charge is 0.371 e. The number of nitrogens with one attached hydrogen (secondary N) is 2. The maximum Gasteiger partial charge on any atom is 0.261 e. The standard InChI is InChI=1S/C28H27BrClN7O2/c1-15(2)10-17-13-32-37-24-14-35(27(38)16-4-7-21(29)22(30)11-16)9-8-20(24)28(39)36(26(17)37)18-5-6-19-23(12-18)33-34-25(19)31-3/h4-7,11-13,15H,8-10,14H2,1-3H3,(H2,31,33,34). The molecule has 0 atom stereocenters. The topological polar surface area (TPSA) is 100 Å². The molecule has 6 rings (SSSR count). The molecule has 11 heteroatoms. The van der Waals surface area contributed by atoms with Gasteiger partial charge in [0.25, 0.3) is 11.5 Å². The van der Waals surface area contributed by atoms with Crippen molar-refractivity contribution in [3.05, 3.63) is 84.8 Å². The minimum Gasteiger partial charge on any atom is -0.371 e. The molecule has 1 aliphatic rings. The molecule has 200 valence electrons. The number of carbonyl (C=O) groups is 1. The zero-order valence-electron chi connectivity index (χ0n) is 21.8. The molecule has 0 fully saturated rings. The molecular formula is C28H27BrClN7O2. The number of nitrogens with zero attached hydrogens (tertiary/aromatic N) is 5. The second kappa shape index (κ2) is 9.84. The molecule has 0 saturated carbocycles. The Morgan fingerprint density at radius 1 is 1.23 bits per heavy atom. The van der Waals surface area contributed by atoms with E-state index >= 15 is 0 Å². The number of fused-ring (bicyclic) bond motifs is 4. The predicted molar refractivity (Wildman–Crippen MR) is 156 cm³/mol. The van der Waals surface area contributed by atoms with Gasteiger partial charge in [-0.15, -0.1) is 0 Å². The molecule has 0 radical (unpaired) electrons. The average Bonchev–Trinajstić information content (AvgIpc) is 3.53. The molecule has 0 saturated heterocycles. The molecule has 0 aliphatic carbocycles. The summed E-state index contributed by atoms with van der Waals surface area (Å²) in [6.07, 6.45) is 3.03. The van der Waals surface area contributed by atoms with E-state index in [1.54, 1.807) is 27.7 Å². The number of H-pyrrole nitrogens is 1. The van der Waals surface area contributed by atoms with Crippen LogP contribution in [0, 0.1) is 5.92 Å². The second-order valence-electron chi connectivity index (χ2n) is 10.2. The molecule has 39 heavy (non-hydrogen) atoms. The summed E-state index contributed by atoms with van der Waals surface area (Å²) in [5.41, 5.74) is 5.09. The Balaban J connectivity index is 1.50.